The molecule has 2 aromatic carbocycles. The first-order valence-electron chi connectivity index (χ1n) is 15.5. The van der Waals surface area contributed by atoms with Gasteiger partial charge >= 0.3 is 0 Å². The number of amides is 2. The second kappa shape index (κ2) is 13.5. The van der Waals surface area contributed by atoms with Crippen molar-refractivity contribution < 1.29 is 27.2 Å². The van der Waals surface area contributed by atoms with Gasteiger partial charge in [-0.1, -0.05) is 36.6 Å². The molecule has 13 heteroatoms. The molecular formula is C32H38N6O6S. The van der Waals surface area contributed by atoms with E-state index in [1.54, 1.807) is 25.1 Å². The topological polar surface area (TPSA) is 149 Å². The highest BCUT2D eigenvalue weighted by molar-refractivity contribution is 7.89. The Kier molecular flexibility index (Phi) is 9.29. The zero-order valence-electron chi connectivity index (χ0n) is 25.2. The summed E-state index contributed by atoms with van der Waals surface area (Å²) in [4.78, 5) is 29.8. The Morgan fingerprint density at radius 3 is 2.49 bits per heavy atom. The molecule has 2 atom stereocenters. The minimum atomic E-state index is -3.83. The molecule has 1 saturated heterocycles. The van der Waals surface area contributed by atoms with Crippen LogP contribution < -0.4 is 14.9 Å². The Hall–Kier alpha value is -4.07. The Morgan fingerprint density at radius 1 is 1.00 bits per heavy atom. The molecule has 1 aliphatic carbocycles. The van der Waals surface area contributed by atoms with Gasteiger partial charge in [-0.3, -0.25) is 14.5 Å². The lowest BCUT2D eigenvalue weighted by molar-refractivity contribution is -0.128. The number of aryl methyl sites for hydroxylation is 1. The van der Waals surface area contributed by atoms with Crippen molar-refractivity contribution in [3.05, 3.63) is 72.2 Å². The van der Waals surface area contributed by atoms with E-state index in [1.165, 1.54) is 33.8 Å². The van der Waals surface area contributed by atoms with Crippen molar-refractivity contribution in [2.24, 2.45) is 0 Å². The van der Waals surface area contributed by atoms with E-state index < -0.39 is 22.0 Å². The number of fused-ring (bicyclic) bond motifs is 1. The summed E-state index contributed by atoms with van der Waals surface area (Å²) >= 11 is 0. The number of furan rings is 1. The Labute approximate surface area is 262 Å². The van der Waals surface area contributed by atoms with Gasteiger partial charge in [0, 0.05) is 24.9 Å². The van der Waals surface area contributed by atoms with Crippen LogP contribution >= 0.6 is 0 Å². The van der Waals surface area contributed by atoms with Crippen molar-refractivity contribution in [2.75, 3.05) is 18.1 Å². The summed E-state index contributed by atoms with van der Waals surface area (Å²) in [6.45, 7) is 2.37. The van der Waals surface area contributed by atoms with Crippen molar-refractivity contribution >= 4 is 38.6 Å². The quantitative estimate of drug-likeness (QED) is 0.251. The lowest BCUT2D eigenvalue weighted by Crippen LogP contribution is -2.48. The van der Waals surface area contributed by atoms with Crippen LogP contribution in [-0.2, 0) is 30.9 Å². The van der Waals surface area contributed by atoms with Crippen LogP contribution in [0.1, 0.15) is 62.5 Å². The first kappa shape index (κ1) is 30.9. The summed E-state index contributed by atoms with van der Waals surface area (Å²) in [5, 5.41) is 11.5. The molecule has 1 saturated carbocycles. The molecule has 2 aromatic heterocycles. The second-order valence-electron chi connectivity index (χ2n) is 11.7. The van der Waals surface area contributed by atoms with Gasteiger partial charge in [0.05, 0.1) is 16.5 Å². The van der Waals surface area contributed by atoms with Gasteiger partial charge in [-0.05, 0) is 81.1 Å². The van der Waals surface area contributed by atoms with Crippen LogP contribution in [0, 0.1) is 6.92 Å². The van der Waals surface area contributed by atoms with Crippen LogP contribution in [0.2, 0.25) is 0 Å². The summed E-state index contributed by atoms with van der Waals surface area (Å²) < 4.78 is 41.8. The van der Waals surface area contributed by atoms with Crippen molar-refractivity contribution in [1.29, 1.82) is 0 Å². The van der Waals surface area contributed by atoms with Gasteiger partial charge in [-0.15, -0.1) is 5.10 Å². The van der Waals surface area contributed by atoms with Gasteiger partial charge in [-0.25, -0.2) is 17.8 Å². The minimum Gasteiger partial charge on any atom is -0.464 e. The van der Waals surface area contributed by atoms with Gasteiger partial charge < -0.3 is 14.5 Å². The van der Waals surface area contributed by atoms with Crippen LogP contribution in [0.4, 0.5) is 5.69 Å². The SMILES string of the molecule is Cc1ccc([C@@H](C(=O)NC2CCCCC2)N(C(=O)Cn2nnc3ccccc32)c2ccc(S(=O)(=O)NC[C@H]3CCCO3)cc2)o1. The van der Waals surface area contributed by atoms with E-state index in [1.807, 2.05) is 18.2 Å². The number of hydrogen-bond donors (Lipinski definition) is 2. The van der Waals surface area contributed by atoms with Crippen LogP contribution in [0.3, 0.4) is 0 Å². The van der Waals surface area contributed by atoms with Crippen LogP contribution in [0.5, 0.6) is 0 Å². The molecule has 45 heavy (non-hydrogen) atoms. The lowest BCUT2D eigenvalue weighted by atomic mass is 9.95. The summed E-state index contributed by atoms with van der Waals surface area (Å²) in [7, 11) is -3.83. The molecule has 0 radical (unpaired) electrons. The maximum atomic E-state index is 14.3. The number of hydrogen-bond acceptors (Lipinski definition) is 8. The fraction of sp³-hybridized carbons (Fsp3) is 0.438. The third-order valence-corrected chi connectivity index (χ3v) is 9.85. The van der Waals surface area contributed by atoms with Crippen LogP contribution in [0.25, 0.3) is 11.0 Å². The van der Waals surface area contributed by atoms with E-state index in [0.29, 0.717) is 34.8 Å². The van der Waals surface area contributed by atoms with Gasteiger partial charge in [0.25, 0.3) is 5.91 Å². The molecule has 1 aliphatic heterocycles. The fourth-order valence-corrected chi connectivity index (χ4v) is 7.12. The number of carbonyl (C=O) groups is 2. The molecule has 2 amide bonds. The molecule has 2 fully saturated rings. The number of benzene rings is 2. The highest BCUT2D eigenvalue weighted by atomic mass is 32.2. The number of aromatic nitrogens is 3. The Morgan fingerprint density at radius 2 is 1.78 bits per heavy atom. The minimum absolute atomic E-state index is 0.0107. The molecular weight excluding hydrogens is 596 g/mol. The lowest BCUT2D eigenvalue weighted by Gasteiger charge is -2.32. The van der Waals surface area contributed by atoms with E-state index in [2.05, 4.69) is 20.4 Å². The number of nitrogens with zero attached hydrogens (tertiary/aromatic N) is 4. The molecule has 238 valence electrons. The molecule has 6 rings (SSSR count). The molecule has 12 nitrogen and oxygen atoms in total. The van der Waals surface area contributed by atoms with Gasteiger partial charge in [0.15, 0.2) is 6.04 Å². The standard InChI is InChI=1S/C32H38N6O6S/c1-22-13-18-29(44-22)31(32(40)34-23-8-3-2-4-9-23)38(30(39)21-37-28-12-6-5-11-27(28)35-36-37)24-14-16-26(17-15-24)45(41,42)33-20-25-10-7-19-43-25/h5-6,11-18,23,25,31,33H,2-4,7-10,19-21H2,1H3,(H,34,40)/t25-,31+/m1/s1. The average molecular weight is 635 g/mol. The maximum Gasteiger partial charge on any atom is 0.251 e. The molecule has 0 bridgehead atoms. The first-order chi connectivity index (χ1) is 21.8. The van der Waals surface area contributed by atoms with Crippen molar-refractivity contribution in [3.8, 4) is 0 Å². The summed E-state index contributed by atoms with van der Waals surface area (Å²) in [6.07, 6.45) is 6.44. The zero-order valence-corrected chi connectivity index (χ0v) is 26.0. The van der Waals surface area contributed by atoms with E-state index in [-0.39, 0.29) is 36.0 Å². The van der Waals surface area contributed by atoms with Gasteiger partial charge in [0.2, 0.25) is 15.9 Å². The van der Waals surface area contributed by atoms with Crippen molar-refractivity contribution in [1.82, 2.24) is 25.0 Å². The fourth-order valence-electron chi connectivity index (χ4n) is 6.05. The number of carbonyl (C=O) groups excluding carboxylic acids is 2. The van der Waals surface area contributed by atoms with Crippen LogP contribution in [0.15, 0.2) is 70.0 Å². The van der Waals surface area contributed by atoms with Crippen molar-refractivity contribution in [3.63, 3.8) is 0 Å². The number of anilines is 1. The normalized spacial score (nSPS) is 18.2. The summed E-state index contributed by atoms with van der Waals surface area (Å²) in [5.41, 5.74) is 1.64. The van der Waals surface area contributed by atoms with E-state index in [4.69, 9.17) is 9.15 Å². The smallest absolute Gasteiger partial charge is 0.251 e. The summed E-state index contributed by atoms with van der Waals surface area (Å²) in [5.74, 6) is 0.0695. The number of rotatable bonds is 11. The third kappa shape index (κ3) is 7.10. The van der Waals surface area contributed by atoms with E-state index in [9.17, 15) is 18.0 Å². The number of sulfonamides is 1. The van der Waals surface area contributed by atoms with E-state index >= 15 is 0 Å². The number of nitrogens with one attached hydrogen (secondary N) is 2. The predicted octanol–water partition coefficient (Wildman–Crippen LogP) is 4.01. The Bertz CT molecular complexity index is 1740. The molecule has 2 aliphatic rings. The molecule has 3 heterocycles. The second-order valence-corrected chi connectivity index (χ2v) is 13.4. The third-order valence-electron chi connectivity index (χ3n) is 8.41. The molecule has 2 N–H and O–H groups in total. The zero-order chi connectivity index (χ0) is 31.4. The van der Waals surface area contributed by atoms with Crippen molar-refractivity contribution in [2.45, 2.75) is 81.5 Å². The van der Waals surface area contributed by atoms with Crippen LogP contribution in [-0.4, -0.2) is 60.5 Å². The first-order valence-corrected chi connectivity index (χ1v) is 16.9. The predicted molar refractivity (Wildman–Crippen MR) is 167 cm³/mol. The molecule has 4 aromatic rings. The summed E-state index contributed by atoms with van der Waals surface area (Å²) in [6, 6.07) is 15.5. The van der Waals surface area contributed by atoms with Gasteiger partial charge in [-0.2, -0.15) is 0 Å². The largest absolute Gasteiger partial charge is 0.464 e. The molecule has 0 spiro atoms. The highest BCUT2D eigenvalue weighted by Gasteiger charge is 2.37. The number of ether oxygens (including phenoxy) is 1. The maximum absolute atomic E-state index is 14.3. The van der Waals surface area contributed by atoms with Gasteiger partial charge in [0.1, 0.15) is 23.6 Å². The highest BCUT2D eigenvalue weighted by Crippen LogP contribution is 2.32. The average Bonchev–Trinajstić information content (AvgIpc) is 3.81. The number of para-hydroxylation sites is 1. The Balaban J connectivity index is 1.34. The van der Waals surface area contributed by atoms with E-state index in [0.717, 1.165) is 44.9 Å². The molecule has 0 unspecified atom stereocenters. The monoisotopic (exact) mass is 634 g/mol.